The maximum Gasteiger partial charge on any atom is 0.246 e. The Hall–Kier alpha value is -1.99. The molecule has 24 heavy (non-hydrogen) atoms. The highest BCUT2D eigenvalue weighted by Gasteiger charge is 2.45. The third-order valence-corrected chi connectivity index (χ3v) is 5.53. The van der Waals surface area contributed by atoms with Crippen molar-refractivity contribution in [3.05, 3.63) is 40.2 Å². The van der Waals surface area contributed by atoms with E-state index < -0.39 is 0 Å². The van der Waals surface area contributed by atoms with Crippen LogP contribution >= 0.6 is 11.3 Å². The van der Waals surface area contributed by atoms with E-state index in [1.54, 1.807) is 17.4 Å². The van der Waals surface area contributed by atoms with Crippen LogP contribution in [0.2, 0.25) is 0 Å². The molecule has 2 aromatic heterocycles. The van der Waals surface area contributed by atoms with Crippen LogP contribution in [-0.2, 0) is 16.0 Å². The predicted molar refractivity (Wildman–Crippen MR) is 89.4 cm³/mol. The smallest absolute Gasteiger partial charge is 0.246 e. The zero-order chi connectivity index (χ0) is 16.5. The van der Waals surface area contributed by atoms with Gasteiger partial charge in [0.25, 0.3) is 0 Å². The van der Waals surface area contributed by atoms with E-state index in [9.17, 15) is 4.79 Å². The third kappa shape index (κ3) is 3.14. The molecule has 0 saturated carbocycles. The number of likely N-dealkylation sites (tertiary alicyclic amines) is 1. The van der Waals surface area contributed by atoms with Crippen LogP contribution in [0.15, 0.2) is 28.1 Å². The molecular weight excluding hydrogens is 326 g/mol. The Morgan fingerprint density at radius 1 is 1.50 bits per heavy atom. The molecule has 2 saturated heterocycles. The summed E-state index contributed by atoms with van der Waals surface area (Å²) in [4.78, 5) is 19.6. The zero-order valence-electron chi connectivity index (χ0n) is 13.4. The van der Waals surface area contributed by atoms with E-state index in [0.717, 1.165) is 17.8 Å². The van der Waals surface area contributed by atoms with Crippen LogP contribution in [0.3, 0.4) is 0 Å². The first-order chi connectivity index (χ1) is 11.7. The summed E-state index contributed by atoms with van der Waals surface area (Å²) in [6.45, 7) is 3.91. The number of rotatable bonds is 4. The van der Waals surface area contributed by atoms with Crippen LogP contribution in [0, 0.1) is 18.8 Å². The van der Waals surface area contributed by atoms with E-state index in [2.05, 4.69) is 10.1 Å². The fourth-order valence-corrected chi connectivity index (χ4v) is 4.10. The minimum atomic E-state index is 0.0498. The van der Waals surface area contributed by atoms with Crippen molar-refractivity contribution >= 4 is 23.3 Å². The average Bonchev–Trinajstić information content (AvgIpc) is 3.31. The van der Waals surface area contributed by atoms with Crippen molar-refractivity contribution in [1.82, 2.24) is 15.0 Å². The molecular formula is C17H19N3O3S. The molecule has 126 valence electrons. The molecule has 4 heterocycles. The second-order valence-electron chi connectivity index (χ2n) is 6.33. The number of thiophene rings is 1. The number of aromatic nitrogens is 2. The van der Waals surface area contributed by atoms with Gasteiger partial charge in [0.2, 0.25) is 11.8 Å². The highest BCUT2D eigenvalue weighted by molar-refractivity contribution is 7.10. The van der Waals surface area contributed by atoms with E-state index in [4.69, 9.17) is 9.26 Å². The molecule has 4 rings (SSSR count). The molecule has 6 nitrogen and oxygen atoms in total. The topological polar surface area (TPSA) is 68.5 Å². The molecule has 3 atom stereocenters. The molecule has 0 radical (unpaired) electrons. The van der Waals surface area contributed by atoms with Gasteiger partial charge < -0.3 is 14.2 Å². The van der Waals surface area contributed by atoms with Gasteiger partial charge in [-0.15, -0.1) is 11.3 Å². The zero-order valence-corrected chi connectivity index (χ0v) is 14.2. The molecule has 7 heteroatoms. The van der Waals surface area contributed by atoms with Crippen LogP contribution in [0.4, 0.5) is 0 Å². The van der Waals surface area contributed by atoms with Gasteiger partial charge in [-0.3, -0.25) is 4.79 Å². The first-order valence-corrected chi connectivity index (χ1v) is 8.98. The minimum absolute atomic E-state index is 0.0498. The maximum absolute atomic E-state index is 12.4. The van der Waals surface area contributed by atoms with Crippen LogP contribution in [0.1, 0.15) is 16.6 Å². The summed E-state index contributed by atoms with van der Waals surface area (Å²) in [5, 5.41) is 5.84. The van der Waals surface area contributed by atoms with Crippen molar-refractivity contribution < 1.29 is 14.1 Å². The van der Waals surface area contributed by atoms with E-state index in [1.807, 2.05) is 35.4 Å². The highest BCUT2D eigenvalue weighted by atomic mass is 32.1. The summed E-state index contributed by atoms with van der Waals surface area (Å²) in [5.74, 6) is 2.03. The average molecular weight is 345 g/mol. The van der Waals surface area contributed by atoms with E-state index in [1.165, 1.54) is 0 Å². The van der Waals surface area contributed by atoms with Gasteiger partial charge in [0.15, 0.2) is 5.82 Å². The Bertz CT molecular complexity index is 740. The normalized spacial score (nSPS) is 26.4. The van der Waals surface area contributed by atoms with Crippen molar-refractivity contribution in [2.75, 3.05) is 19.7 Å². The van der Waals surface area contributed by atoms with E-state index in [-0.39, 0.29) is 12.0 Å². The molecule has 0 aliphatic carbocycles. The number of aryl methyl sites for hydroxylation is 1. The molecule has 2 aliphatic heterocycles. The fraction of sp³-hybridized carbons (Fsp3) is 0.471. The van der Waals surface area contributed by atoms with Gasteiger partial charge in [-0.25, -0.2) is 0 Å². The first kappa shape index (κ1) is 15.5. The van der Waals surface area contributed by atoms with Crippen LogP contribution < -0.4 is 0 Å². The van der Waals surface area contributed by atoms with Gasteiger partial charge in [0, 0.05) is 36.4 Å². The quantitative estimate of drug-likeness (QED) is 0.795. The second-order valence-corrected chi connectivity index (χ2v) is 7.31. The molecule has 1 amide bonds. The summed E-state index contributed by atoms with van der Waals surface area (Å²) >= 11 is 1.62. The minimum Gasteiger partial charge on any atom is -0.376 e. The Kier molecular flexibility index (Phi) is 4.20. The van der Waals surface area contributed by atoms with E-state index >= 15 is 0 Å². The number of ether oxygens (including phenoxy) is 1. The number of carbonyl (C=O) groups excluding carboxylic acids is 1. The molecule has 2 aromatic rings. The van der Waals surface area contributed by atoms with E-state index in [0.29, 0.717) is 36.7 Å². The van der Waals surface area contributed by atoms with Crippen molar-refractivity contribution in [2.45, 2.75) is 19.4 Å². The molecule has 0 aromatic carbocycles. The lowest BCUT2D eigenvalue weighted by Gasteiger charge is -2.17. The van der Waals surface area contributed by atoms with Crippen molar-refractivity contribution in [3.8, 4) is 0 Å². The van der Waals surface area contributed by atoms with Crippen LogP contribution in [0.5, 0.6) is 0 Å². The summed E-state index contributed by atoms with van der Waals surface area (Å²) in [5.41, 5.74) is 0. The maximum atomic E-state index is 12.4. The van der Waals surface area contributed by atoms with Crippen molar-refractivity contribution in [2.24, 2.45) is 11.8 Å². The van der Waals surface area contributed by atoms with Gasteiger partial charge in [0.1, 0.15) is 0 Å². The summed E-state index contributed by atoms with van der Waals surface area (Å²) in [7, 11) is 0. The molecule has 0 spiro atoms. The predicted octanol–water partition coefficient (Wildman–Crippen LogP) is 2.17. The second kappa shape index (κ2) is 6.49. The summed E-state index contributed by atoms with van der Waals surface area (Å²) in [6, 6.07) is 3.98. The lowest BCUT2D eigenvalue weighted by molar-refractivity contribution is -0.125. The van der Waals surface area contributed by atoms with Crippen molar-refractivity contribution in [1.29, 1.82) is 0 Å². The summed E-state index contributed by atoms with van der Waals surface area (Å²) in [6.07, 6.45) is 4.37. The Morgan fingerprint density at radius 2 is 2.42 bits per heavy atom. The largest absolute Gasteiger partial charge is 0.376 e. The Labute approximate surface area is 144 Å². The highest BCUT2D eigenvalue weighted by Crippen LogP contribution is 2.35. The standard InChI is InChI=1S/C17H19N3O3S/c1-11-18-16(23-19-11)7-12-10-22-15-9-20(8-14(12)15)17(21)5-4-13-3-2-6-24-13/h2-6,12,14-15H,7-10H2,1H3/b5-4+/t12-,14+,15+/m0/s1. The summed E-state index contributed by atoms with van der Waals surface area (Å²) < 4.78 is 11.1. The number of hydrogen-bond donors (Lipinski definition) is 0. The van der Waals surface area contributed by atoms with Crippen LogP contribution in [0.25, 0.3) is 6.08 Å². The SMILES string of the molecule is Cc1noc(C[C@H]2CO[C@@H]3CN(C(=O)/C=C/c4cccs4)C[C@H]23)n1. The molecule has 0 bridgehead atoms. The molecule has 2 aliphatic rings. The van der Waals surface area contributed by atoms with Gasteiger partial charge in [-0.2, -0.15) is 4.98 Å². The molecule has 0 unspecified atom stereocenters. The lowest BCUT2D eigenvalue weighted by Crippen LogP contribution is -2.30. The van der Waals surface area contributed by atoms with Gasteiger partial charge in [0.05, 0.1) is 12.7 Å². The lowest BCUT2D eigenvalue weighted by atomic mass is 9.90. The Balaban J connectivity index is 1.37. The number of amides is 1. The third-order valence-electron chi connectivity index (χ3n) is 4.69. The fourth-order valence-electron chi connectivity index (χ4n) is 3.48. The Morgan fingerprint density at radius 3 is 3.17 bits per heavy atom. The van der Waals surface area contributed by atoms with Gasteiger partial charge in [-0.1, -0.05) is 11.2 Å². The van der Waals surface area contributed by atoms with Crippen molar-refractivity contribution in [3.63, 3.8) is 0 Å². The molecule has 2 fully saturated rings. The first-order valence-electron chi connectivity index (χ1n) is 8.10. The van der Waals surface area contributed by atoms with Crippen LogP contribution in [-0.4, -0.2) is 46.7 Å². The number of fused-ring (bicyclic) bond motifs is 1. The number of carbonyl (C=O) groups is 1. The number of nitrogens with zero attached hydrogens (tertiary/aromatic N) is 3. The number of hydrogen-bond acceptors (Lipinski definition) is 6. The monoisotopic (exact) mass is 345 g/mol. The molecule has 0 N–H and O–H groups in total. The van der Waals surface area contributed by atoms with Gasteiger partial charge in [-0.05, 0) is 30.4 Å². The van der Waals surface area contributed by atoms with Gasteiger partial charge >= 0.3 is 0 Å².